The van der Waals surface area contributed by atoms with E-state index in [0.717, 1.165) is 17.4 Å². The van der Waals surface area contributed by atoms with E-state index in [1.54, 1.807) is 0 Å². The average Bonchev–Trinajstić information content (AvgIpc) is 2.51. The summed E-state index contributed by atoms with van der Waals surface area (Å²) in [6, 6.07) is 0. The lowest BCUT2D eigenvalue weighted by atomic mass is 10.1. The molecule has 124 valence electrons. The summed E-state index contributed by atoms with van der Waals surface area (Å²) in [6.45, 7) is 12.3. The number of nitrogens with zero attached hydrogens (tertiary/aromatic N) is 3. The molecule has 0 aromatic carbocycles. The van der Waals surface area contributed by atoms with Crippen molar-refractivity contribution in [2.24, 2.45) is 11.8 Å². The summed E-state index contributed by atoms with van der Waals surface area (Å²) in [4.78, 5) is 37.4. The molecule has 0 radical (unpaired) electrons. The van der Waals surface area contributed by atoms with Crippen LogP contribution < -0.4 is 17.1 Å². The monoisotopic (exact) mass is 309 g/mol. The molecule has 6 heteroatoms. The summed E-state index contributed by atoms with van der Waals surface area (Å²) < 4.78 is 3.45. The van der Waals surface area contributed by atoms with Crippen molar-refractivity contribution in [3.8, 4) is 0 Å². The highest BCUT2D eigenvalue weighted by molar-refractivity contribution is 4.83. The zero-order chi connectivity index (χ0) is 16.9. The molecule has 0 fully saturated rings. The minimum Gasteiger partial charge on any atom is -0.247 e. The van der Waals surface area contributed by atoms with Crippen LogP contribution in [0.5, 0.6) is 0 Å². The topological polar surface area (TPSA) is 66.0 Å². The molecule has 1 heterocycles. The number of aromatic nitrogens is 3. The van der Waals surface area contributed by atoms with Crippen molar-refractivity contribution in [3.05, 3.63) is 44.1 Å². The van der Waals surface area contributed by atoms with E-state index in [-0.39, 0.29) is 18.4 Å². The van der Waals surface area contributed by atoms with E-state index in [2.05, 4.69) is 6.58 Å². The van der Waals surface area contributed by atoms with Crippen molar-refractivity contribution in [2.45, 2.75) is 60.2 Å². The maximum absolute atomic E-state index is 12.6. The molecule has 0 aliphatic heterocycles. The molecule has 1 aromatic heterocycles. The first-order chi connectivity index (χ1) is 10.4. The van der Waals surface area contributed by atoms with Gasteiger partial charge in [-0.1, -0.05) is 46.6 Å². The van der Waals surface area contributed by atoms with Crippen LogP contribution in [0.4, 0.5) is 0 Å². The van der Waals surface area contributed by atoms with Gasteiger partial charge in [-0.3, -0.25) is 0 Å². The van der Waals surface area contributed by atoms with Crippen molar-refractivity contribution >= 4 is 0 Å². The SMILES string of the molecule is C=CCn1c(=O)n(CC(C)CC)c(=O)n(CC(C)CC)c1=O. The van der Waals surface area contributed by atoms with Crippen LogP contribution in [0.3, 0.4) is 0 Å². The second kappa shape index (κ2) is 7.96. The average molecular weight is 309 g/mol. The van der Waals surface area contributed by atoms with Crippen molar-refractivity contribution < 1.29 is 0 Å². The van der Waals surface area contributed by atoms with Gasteiger partial charge in [0.2, 0.25) is 0 Å². The zero-order valence-corrected chi connectivity index (χ0v) is 14.0. The Balaban J connectivity index is 3.56. The van der Waals surface area contributed by atoms with Crippen LogP contribution in [0.25, 0.3) is 0 Å². The highest BCUT2D eigenvalue weighted by atomic mass is 16.2. The fourth-order valence-corrected chi connectivity index (χ4v) is 2.16. The lowest BCUT2D eigenvalue weighted by Gasteiger charge is -2.17. The van der Waals surface area contributed by atoms with Crippen LogP contribution in [0.2, 0.25) is 0 Å². The van der Waals surface area contributed by atoms with E-state index < -0.39 is 17.1 Å². The summed E-state index contributed by atoms with van der Waals surface area (Å²) >= 11 is 0. The Labute approximate surface area is 130 Å². The molecule has 0 spiro atoms. The minimum atomic E-state index is -0.546. The molecule has 2 atom stereocenters. The van der Waals surface area contributed by atoms with Gasteiger partial charge in [-0.05, 0) is 11.8 Å². The maximum Gasteiger partial charge on any atom is 0.336 e. The van der Waals surface area contributed by atoms with Crippen molar-refractivity contribution in [1.82, 2.24) is 13.7 Å². The lowest BCUT2D eigenvalue weighted by Crippen LogP contribution is -2.55. The van der Waals surface area contributed by atoms with Crippen LogP contribution in [-0.2, 0) is 19.6 Å². The Morgan fingerprint density at radius 2 is 1.23 bits per heavy atom. The summed E-state index contributed by atoms with van der Waals surface area (Å²) in [5.41, 5.74) is -1.60. The van der Waals surface area contributed by atoms with Gasteiger partial charge in [0.25, 0.3) is 0 Å². The van der Waals surface area contributed by atoms with Gasteiger partial charge >= 0.3 is 17.1 Å². The Bertz CT molecular complexity index is 631. The van der Waals surface area contributed by atoms with Crippen LogP contribution >= 0.6 is 0 Å². The molecule has 2 unspecified atom stereocenters. The molecule has 0 aliphatic rings. The number of hydrogen-bond donors (Lipinski definition) is 0. The van der Waals surface area contributed by atoms with Gasteiger partial charge in [-0.25, -0.2) is 28.1 Å². The van der Waals surface area contributed by atoms with Gasteiger partial charge in [0.15, 0.2) is 0 Å². The van der Waals surface area contributed by atoms with Crippen LogP contribution in [0.15, 0.2) is 27.0 Å². The molecule has 0 saturated heterocycles. The number of rotatable bonds is 8. The molecule has 0 saturated carbocycles. The van der Waals surface area contributed by atoms with Crippen LogP contribution in [-0.4, -0.2) is 13.7 Å². The molecule has 22 heavy (non-hydrogen) atoms. The van der Waals surface area contributed by atoms with E-state index in [9.17, 15) is 14.4 Å². The largest absolute Gasteiger partial charge is 0.336 e. The van der Waals surface area contributed by atoms with E-state index in [1.807, 2.05) is 27.7 Å². The minimum absolute atomic E-state index is 0.110. The first-order valence-electron chi connectivity index (χ1n) is 7.92. The van der Waals surface area contributed by atoms with Gasteiger partial charge in [-0.2, -0.15) is 0 Å². The highest BCUT2D eigenvalue weighted by Crippen LogP contribution is 2.03. The van der Waals surface area contributed by atoms with Crippen molar-refractivity contribution in [1.29, 1.82) is 0 Å². The zero-order valence-electron chi connectivity index (χ0n) is 14.0. The first-order valence-corrected chi connectivity index (χ1v) is 7.92. The summed E-state index contributed by atoms with van der Waals surface area (Å²) in [7, 11) is 0. The predicted octanol–water partition coefficient (Wildman–Crippen LogP) is 1.45. The van der Waals surface area contributed by atoms with Crippen molar-refractivity contribution in [2.75, 3.05) is 0 Å². The summed E-state index contributed by atoms with van der Waals surface area (Å²) in [5, 5.41) is 0. The second-order valence-corrected chi connectivity index (χ2v) is 6.00. The molecular weight excluding hydrogens is 282 g/mol. The van der Waals surface area contributed by atoms with Gasteiger partial charge < -0.3 is 0 Å². The van der Waals surface area contributed by atoms with Gasteiger partial charge in [-0.15, -0.1) is 6.58 Å². The third kappa shape index (κ3) is 3.87. The Morgan fingerprint density at radius 1 is 0.864 bits per heavy atom. The lowest BCUT2D eigenvalue weighted by molar-refractivity contribution is 0.367. The smallest absolute Gasteiger partial charge is 0.247 e. The van der Waals surface area contributed by atoms with Crippen LogP contribution in [0.1, 0.15) is 40.5 Å². The molecule has 0 N–H and O–H groups in total. The second-order valence-electron chi connectivity index (χ2n) is 6.00. The Morgan fingerprint density at radius 3 is 1.55 bits per heavy atom. The van der Waals surface area contributed by atoms with E-state index in [0.29, 0.717) is 13.1 Å². The fourth-order valence-electron chi connectivity index (χ4n) is 2.16. The van der Waals surface area contributed by atoms with Gasteiger partial charge in [0.05, 0.1) is 6.54 Å². The molecule has 0 amide bonds. The van der Waals surface area contributed by atoms with Crippen LogP contribution in [0, 0.1) is 11.8 Å². The third-order valence-electron chi connectivity index (χ3n) is 4.08. The molecule has 0 bridgehead atoms. The van der Waals surface area contributed by atoms with E-state index in [1.165, 1.54) is 15.2 Å². The summed E-state index contributed by atoms with van der Waals surface area (Å²) in [5.74, 6) is 0.384. The summed E-state index contributed by atoms with van der Waals surface area (Å²) in [6.07, 6.45) is 3.21. The first kappa shape index (κ1) is 18.2. The highest BCUT2D eigenvalue weighted by Gasteiger charge is 2.17. The molecular formula is C16H27N3O3. The molecule has 1 rings (SSSR count). The predicted molar refractivity (Wildman–Crippen MR) is 88.3 cm³/mol. The van der Waals surface area contributed by atoms with E-state index >= 15 is 0 Å². The Hall–Kier alpha value is -1.85. The molecule has 6 nitrogen and oxygen atoms in total. The maximum atomic E-state index is 12.6. The number of hydrogen-bond acceptors (Lipinski definition) is 3. The fraction of sp³-hybridized carbons (Fsp3) is 0.688. The van der Waals surface area contributed by atoms with E-state index in [4.69, 9.17) is 0 Å². The quantitative estimate of drug-likeness (QED) is 0.683. The molecule has 1 aromatic rings. The normalized spacial score (nSPS) is 13.8. The Kier molecular flexibility index (Phi) is 6.59. The van der Waals surface area contributed by atoms with Crippen molar-refractivity contribution in [3.63, 3.8) is 0 Å². The standard InChI is InChI=1S/C16H27N3O3/c1-6-9-17-14(20)18(10-12(4)7-2)16(22)19(15(17)21)11-13(5)8-3/h6,12-13H,1,7-11H2,2-5H3. The molecule has 0 aliphatic carbocycles. The van der Waals surface area contributed by atoms with Gasteiger partial charge in [0, 0.05) is 13.1 Å². The number of allylic oxidation sites excluding steroid dienone is 1. The van der Waals surface area contributed by atoms with Gasteiger partial charge in [0.1, 0.15) is 0 Å². The third-order valence-corrected chi connectivity index (χ3v) is 4.08.